The number of carbonyl (C=O) groups excluding carboxylic acids is 1. The van der Waals surface area contributed by atoms with Gasteiger partial charge >= 0.3 is 0 Å². The molecule has 0 atom stereocenters. The minimum atomic E-state index is -0.750. The van der Waals surface area contributed by atoms with Crippen molar-refractivity contribution in [1.82, 2.24) is 25.1 Å². The molecule has 0 aliphatic heterocycles. The van der Waals surface area contributed by atoms with Crippen LogP contribution in [0.25, 0.3) is 33.5 Å². The second-order valence-electron chi connectivity index (χ2n) is 9.55. The predicted octanol–water partition coefficient (Wildman–Crippen LogP) is 2.79. The Morgan fingerprint density at radius 1 is 1.21 bits per heavy atom. The maximum atomic E-state index is 12.3. The Hall–Kier alpha value is -4.05. The molecule has 0 radical (unpaired) electrons. The van der Waals surface area contributed by atoms with Crippen LogP contribution in [0, 0.1) is 6.92 Å². The lowest BCUT2D eigenvalue weighted by Crippen LogP contribution is -2.57. The molecule has 1 fully saturated rings. The zero-order chi connectivity index (χ0) is 24.3. The number of fused-ring (bicyclic) bond motifs is 1. The van der Waals surface area contributed by atoms with E-state index in [4.69, 9.17) is 16.5 Å². The summed E-state index contributed by atoms with van der Waals surface area (Å²) in [7, 11) is 0. The summed E-state index contributed by atoms with van der Waals surface area (Å²) in [5.74, 6) is 0.0629. The minimum Gasteiger partial charge on any atom is -0.395 e. The smallest absolute Gasteiger partial charge is 0.269 e. The lowest BCUT2D eigenvalue weighted by molar-refractivity contribution is -0.0566. The molecule has 3 aromatic heterocycles. The number of amides is 1. The highest BCUT2D eigenvalue weighted by Gasteiger charge is 2.48. The normalized spacial score (nSPS) is 21.9. The van der Waals surface area contributed by atoms with Gasteiger partial charge < -0.3 is 21.9 Å². The van der Waals surface area contributed by atoms with Gasteiger partial charge in [-0.25, -0.2) is 15.0 Å². The van der Waals surface area contributed by atoms with Crippen molar-refractivity contribution in [3.05, 3.63) is 47.9 Å². The Morgan fingerprint density at radius 3 is 2.68 bits per heavy atom. The van der Waals surface area contributed by atoms with Crippen LogP contribution in [-0.2, 0) is 0 Å². The van der Waals surface area contributed by atoms with Crippen LogP contribution in [0.1, 0.15) is 42.7 Å². The number of aromatic amines is 1. The molecule has 1 saturated carbocycles. The highest BCUT2D eigenvalue weighted by Crippen LogP contribution is 2.44. The molecule has 4 aromatic rings. The molecule has 3 heterocycles. The lowest BCUT2D eigenvalue weighted by atomic mass is 9.67. The van der Waals surface area contributed by atoms with Gasteiger partial charge in [-0.2, -0.15) is 5.10 Å². The predicted molar refractivity (Wildman–Crippen MR) is 130 cm³/mol. The number of benzene rings is 1. The number of H-pyrrole nitrogens is 1. The number of primary amides is 1. The second kappa shape index (κ2) is 7.49. The Bertz CT molecular complexity index is 1430. The van der Waals surface area contributed by atoms with Crippen LogP contribution >= 0.6 is 0 Å². The quantitative estimate of drug-likeness (QED) is 0.304. The summed E-state index contributed by atoms with van der Waals surface area (Å²) in [6.07, 6.45) is 4.49. The van der Waals surface area contributed by atoms with Crippen molar-refractivity contribution in [1.29, 1.82) is 0 Å². The number of hydrogen-bond acceptors (Lipinski definition) is 8. The molecular formula is C24H26N8O2. The van der Waals surface area contributed by atoms with Gasteiger partial charge in [0.1, 0.15) is 5.82 Å². The first-order valence-corrected chi connectivity index (χ1v) is 10.9. The van der Waals surface area contributed by atoms with E-state index in [1.807, 2.05) is 39.0 Å². The molecule has 10 heteroatoms. The molecule has 174 valence electrons. The van der Waals surface area contributed by atoms with Crippen LogP contribution in [0.5, 0.6) is 0 Å². The Morgan fingerprint density at radius 2 is 1.97 bits per heavy atom. The molecule has 1 aliphatic carbocycles. The van der Waals surface area contributed by atoms with Crippen molar-refractivity contribution in [2.75, 3.05) is 11.1 Å². The Balaban J connectivity index is 1.69. The molecular weight excluding hydrogens is 432 g/mol. The minimum absolute atomic E-state index is 0.0625. The lowest BCUT2D eigenvalue weighted by Gasteiger charge is -2.50. The van der Waals surface area contributed by atoms with Crippen LogP contribution in [0.3, 0.4) is 0 Å². The summed E-state index contributed by atoms with van der Waals surface area (Å²) in [4.78, 5) is 26.0. The number of aryl methyl sites for hydroxylation is 1. The molecule has 1 amide bonds. The number of pyridine rings is 1. The summed E-state index contributed by atoms with van der Waals surface area (Å²) in [6.45, 7) is 5.77. The molecule has 0 unspecified atom stereocenters. The van der Waals surface area contributed by atoms with Crippen LogP contribution in [0.4, 0.5) is 11.5 Å². The molecule has 0 bridgehead atoms. The Kier molecular flexibility index (Phi) is 4.80. The number of aromatic nitrogens is 5. The van der Waals surface area contributed by atoms with E-state index >= 15 is 0 Å². The number of anilines is 2. The number of rotatable bonds is 5. The molecule has 0 spiro atoms. The summed E-state index contributed by atoms with van der Waals surface area (Å²) >= 11 is 0. The zero-order valence-corrected chi connectivity index (χ0v) is 19.2. The van der Waals surface area contributed by atoms with Gasteiger partial charge in [0, 0.05) is 22.7 Å². The zero-order valence-electron chi connectivity index (χ0n) is 19.2. The van der Waals surface area contributed by atoms with Crippen molar-refractivity contribution >= 4 is 28.3 Å². The molecule has 10 nitrogen and oxygen atoms in total. The summed E-state index contributed by atoms with van der Waals surface area (Å²) < 4.78 is 0. The number of nitrogens with zero attached hydrogens (tertiary/aromatic N) is 4. The topological polar surface area (TPSA) is 169 Å². The van der Waals surface area contributed by atoms with E-state index in [1.54, 1.807) is 18.5 Å². The van der Waals surface area contributed by atoms with Crippen molar-refractivity contribution in [3.63, 3.8) is 0 Å². The number of carbonyl (C=O) groups is 1. The van der Waals surface area contributed by atoms with E-state index in [0.29, 0.717) is 29.9 Å². The van der Waals surface area contributed by atoms with Crippen molar-refractivity contribution in [2.45, 2.75) is 44.8 Å². The summed E-state index contributed by atoms with van der Waals surface area (Å²) in [6, 6.07) is 7.44. The van der Waals surface area contributed by atoms with Gasteiger partial charge in [0.05, 0.1) is 34.3 Å². The molecule has 5 rings (SSSR count). The fraction of sp³-hybridized carbons (Fsp3) is 0.292. The van der Waals surface area contributed by atoms with Crippen LogP contribution in [0.2, 0.25) is 0 Å². The van der Waals surface area contributed by atoms with E-state index < -0.39 is 11.5 Å². The van der Waals surface area contributed by atoms with Crippen LogP contribution in [-0.4, -0.2) is 47.3 Å². The van der Waals surface area contributed by atoms with Crippen molar-refractivity contribution in [2.24, 2.45) is 5.73 Å². The highest BCUT2D eigenvalue weighted by molar-refractivity contribution is 6.04. The van der Waals surface area contributed by atoms with Gasteiger partial charge in [0.15, 0.2) is 11.5 Å². The third kappa shape index (κ3) is 3.61. The molecule has 7 N–H and O–H groups in total. The van der Waals surface area contributed by atoms with E-state index in [9.17, 15) is 9.90 Å². The number of hydrogen-bond donors (Lipinski definition) is 5. The third-order valence-electron chi connectivity index (χ3n) is 6.26. The highest BCUT2D eigenvalue weighted by atomic mass is 16.3. The van der Waals surface area contributed by atoms with Crippen molar-refractivity contribution < 1.29 is 9.90 Å². The average Bonchev–Trinajstić information content (AvgIpc) is 3.21. The molecule has 1 aromatic carbocycles. The molecule has 1 aliphatic rings. The Labute approximate surface area is 195 Å². The summed E-state index contributed by atoms with van der Waals surface area (Å²) in [5.41, 5.74) is 14.5. The number of nitrogens with two attached hydrogens (primary N) is 2. The van der Waals surface area contributed by atoms with Gasteiger partial charge in [-0.15, -0.1) is 0 Å². The third-order valence-corrected chi connectivity index (χ3v) is 6.26. The van der Waals surface area contributed by atoms with E-state index in [1.165, 1.54) is 0 Å². The van der Waals surface area contributed by atoms with Gasteiger partial charge in [0.25, 0.3) is 5.91 Å². The van der Waals surface area contributed by atoms with Crippen LogP contribution < -0.4 is 16.8 Å². The standard InChI is InChI=1S/C24H26N8O2/c1-12-6-7-15-14(9-28-32-15)16(12)18-17(25)19(20(26)33)30-22(29-18)13-5-4-8-27-21(13)31-23(2)10-24(3,34)11-23/h4-9,34H,10-11,25H2,1-3H3,(H2,26,33)(H,27,31)(H,28,32). The number of nitrogen functional groups attached to an aromatic ring is 1. The van der Waals surface area contributed by atoms with Crippen LogP contribution in [0.15, 0.2) is 36.7 Å². The van der Waals surface area contributed by atoms with Gasteiger partial charge in [-0.05, 0) is 57.4 Å². The first-order chi connectivity index (χ1) is 16.1. The number of nitrogens with one attached hydrogen (secondary N) is 2. The van der Waals surface area contributed by atoms with Crippen molar-refractivity contribution in [3.8, 4) is 22.6 Å². The first-order valence-electron chi connectivity index (χ1n) is 10.9. The van der Waals surface area contributed by atoms with E-state index in [-0.39, 0.29) is 22.7 Å². The second-order valence-corrected chi connectivity index (χ2v) is 9.55. The fourth-order valence-corrected chi connectivity index (χ4v) is 5.10. The molecule has 0 saturated heterocycles. The number of aliphatic hydroxyl groups is 1. The molecule has 34 heavy (non-hydrogen) atoms. The average molecular weight is 459 g/mol. The summed E-state index contributed by atoms with van der Waals surface area (Å²) in [5, 5.41) is 21.6. The largest absolute Gasteiger partial charge is 0.395 e. The van der Waals surface area contributed by atoms with E-state index in [0.717, 1.165) is 22.0 Å². The van der Waals surface area contributed by atoms with Gasteiger partial charge in [-0.3, -0.25) is 9.89 Å². The van der Waals surface area contributed by atoms with Gasteiger partial charge in [-0.1, -0.05) is 6.07 Å². The maximum absolute atomic E-state index is 12.3. The van der Waals surface area contributed by atoms with E-state index in [2.05, 4.69) is 25.5 Å². The first kappa shape index (κ1) is 21.8. The van der Waals surface area contributed by atoms with Gasteiger partial charge in [0.2, 0.25) is 0 Å². The monoisotopic (exact) mass is 458 g/mol. The SMILES string of the molecule is Cc1ccc2[nH]ncc2c1-c1nc(-c2cccnc2NC2(C)CC(C)(O)C2)nc(C(N)=O)c1N. The fourth-order valence-electron chi connectivity index (χ4n) is 5.10. The maximum Gasteiger partial charge on any atom is 0.269 e.